The number of carbonyl (C=O) groups is 1. The second-order valence-electron chi connectivity index (χ2n) is 5.96. The minimum Gasteiger partial charge on any atom is -0.350 e. The molecular formula is C15H26ClN3O. The van der Waals surface area contributed by atoms with Gasteiger partial charge in [-0.1, -0.05) is 0 Å². The summed E-state index contributed by atoms with van der Waals surface area (Å²) >= 11 is 0. The Bertz CT molecular complexity index is 478. The lowest BCUT2D eigenvalue weighted by atomic mass is 10.2. The van der Waals surface area contributed by atoms with Crippen molar-refractivity contribution in [2.45, 2.75) is 52.6 Å². The second-order valence-corrected chi connectivity index (χ2v) is 5.96. The third kappa shape index (κ3) is 3.55. The molecule has 1 fully saturated rings. The Kier molecular flexibility index (Phi) is 5.66. The molecule has 0 spiro atoms. The fraction of sp³-hybridized carbons (Fsp3) is 0.667. The monoisotopic (exact) mass is 299 g/mol. The molecule has 1 unspecified atom stereocenters. The van der Waals surface area contributed by atoms with Crippen molar-refractivity contribution in [3.8, 4) is 0 Å². The number of aromatic nitrogens is 1. The minimum atomic E-state index is -0.00361. The van der Waals surface area contributed by atoms with Crippen LogP contribution in [0.3, 0.4) is 0 Å². The average molecular weight is 300 g/mol. The summed E-state index contributed by atoms with van der Waals surface area (Å²) in [5, 5.41) is 2.96. The van der Waals surface area contributed by atoms with Gasteiger partial charge in [-0.25, -0.2) is 0 Å². The third-order valence-corrected chi connectivity index (χ3v) is 3.97. The number of rotatable bonds is 5. The highest BCUT2D eigenvalue weighted by molar-refractivity contribution is 5.95. The predicted molar refractivity (Wildman–Crippen MR) is 84.6 cm³/mol. The molecule has 0 radical (unpaired) electrons. The predicted octanol–water partition coefficient (Wildman–Crippen LogP) is 2.57. The van der Waals surface area contributed by atoms with Gasteiger partial charge in [0, 0.05) is 30.0 Å². The van der Waals surface area contributed by atoms with E-state index in [9.17, 15) is 4.79 Å². The van der Waals surface area contributed by atoms with Crippen molar-refractivity contribution in [2.24, 2.45) is 11.7 Å². The van der Waals surface area contributed by atoms with E-state index in [2.05, 4.69) is 23.7 Å². The van der Waals surface area contributed by atoms with Crippen molar-refractivity contribution in [3.63, 3.8) is 0 Å². The van der Waals surface area contributed by atoms with Crippen LogP contribution >= 0.6 is 12.4 Å². The molecule has 1 amide bonds. The van der Waals surface area contributed by atoms with E-state index >= 15 is 0 Å². The van der Waals surface area contributed by atoms with Crippen molar-refractivity contribution < 1.29 is 4.79 Å². The zero-order valence-corrected chi connectivity index (χ0v) is 13.6. The number of nitrogens with zero attached hydrogens (tertiary/aromatic N) is 1. The van der Waals surface area contributed by atoms with Crippen LogP contribution < -0.4 is 11.1 Å². The summed E-state index contributed by atoms with van der Waals surface area (Å²) in [4.78, 5) is 12.2. The van der Waals surface area contributed by atoms with Crippen LogP contribution in [0, 0.1) is 19.8 Å². The van der Waals surface area contributed by atoms with E-state index < -0.39 is 0 Å². The summed E-state index contributed by atoms with van der Waals surface area (Å²) in [6.07, 6.45) is 2.41. The minimum absolute atomic E-state index is 0. The molecule has 0 saturated heterocycles. The number of hydrogen-bond donors (Lipinski definition) is 2. The van der Waals surface area contributed by atoms with Crippen LogP contribution in [0.2, 0.25) is 0 Å². The lowest BCUT2D eigenvalue weighted by molar-refractivity contribution is 0.0949. The zero-order valence-electron chi connectivity index (χ0n) is 12.8. The molecule has 114 valence electrons. The van der Waals surface area contributed by atoms with Gasteiger partial charge >= 0.3 is 0 Å². The van der Waals surface area contributed by atoms with E-state index in [-0.39, 0.29) is 24.4 Å². The summed E-state index contributed by atoms with van der Waals surface area (Å²) in [5.74, 6) is 0.611. The highest BCUT2D eigenvalue weighted by atomic mass is 35.5. The molecule has 1 atom stereocenters. The molecule has 0 aliphatic heterocycles. The summed E-state index contributed by atoms with van der Waals surface area (Å²) in [6.45, 7) is 8.88. The normalized spacial score (nSPS) is 15.9. The number of aryl methyl sites for hydroxylation is 1. The van der Waals surface area contributed by atoms with E-state index in [0.717, 1.165) is 17.0 Å². The van der Waals surface area contributed by atoms with Gasteiger partial charge in [0.1, 0.15) is 0 Å². The summed E-state index contributed by atoms with van der Waals surface area (Å²) in [5.41, 5.74) is 8.94. The molecule has 20 heavy (non-hydrogen) atoms. The van der Waals surface area contributed by atoms with E-state index in [1.165, 1.54) is 12.8 Å². The molecule has 1 aliphatic carbocycles. The maximum absolute atomic E-state index is 12.2. The smallest absolute Gasteiger partial charge is 0.253 e. The molecule has 2 rings (SSSR count). The van der Waals surface area contributed by atoms with Gasteiger partial charge in [0.25, 0.3) is 5.91 Å². The van der Waals surface area contributed by atoms with E-state index in [4.69, 9.17) is 5.73 Å². The van der Waals surface area contributed by atoms with Crippen LogP contribution in [0.4, 0.5) is 0 Å². The standard InChI is InChI=1S/C15H25N3O.ClH/c1-9(2)18-10(3)7-13(11(18)4)15(19)17-8-14(16)12-5-6-12;/h7,9,12,14H,5-6,8,16H2,1-4H3,(H,17,19);1H. The Hall–Kier alpha value is -1.000. The highest BCUT2D eigenvalue weighted by Gasteiger charge is 2.28. The van der Waals surface area contributed by atoms with Gasteiger partial charge in [-0.3, -0.25) is 4.79 Å². The lowest BCUT2D eigenvalue weighted by Crippen LogP contribution is -2.38. The van der Waals surface area contributed by atoms with E-state index in [1.54, 1.807) is 0 Å². The SMILES string of the molecule is Cc1cc(C(=O)NCC(N)C2CC2)c(C)n1C(C)C.Cl. The van der Waals surface area contributed by atoms with Gasteiger partial charge in [0.15, 0.2) is 0 Å². The largest absolute Gasteiger partial charge is 0.350 e. The number of hydrogen-bond acceptors (Lipinski definition) is 2. The van der Waals surface area contributed by atoms with Crippen molar-refractivity contribution >= 4 is 18.3 Å². The first-order valence-corrected chi connectivity index (χ1v) is 7.14. The molecule has 3 N–H and O–H groups in total. The van der Waals surface area contributed by atoms with Crippen molar-refractivity contribution in [1.82, 2.24) is 9.88 Å². The highest BCUT2D eigenvalue weighted by Crippen LogP contribution is 2.31. The van der Waals surface area contributed by atoms with Crippen LogP contribution in [0.1, 0.15) is 54.5 Å². The van der Waals surface area contributed by atoms with Crippen LogP contribution in [-0.4, -0.2) is 23.1 Å². The Morgan fingerprint density at radius 2 is 2.05 bits per heavy atom. The topological polar surface area (TPSA) is 60.1 Å². The molecule has 5 heteroatoms. The van der Waals surface area contributed by atoms with Crippen molar-refractivity contribution in [2.75, 3.05) is 6.54 Å². The number of nitrogens with two attached hydrogens (primary N) is 1. The van der Waals surface area contributed by atoms with Gasteiger partial charge in [0.05, 0.1) is 5.56 Å². The zero-order chi connectivity index (χ0) is 14.2. The summed E-state index contributed by atoms with van der Waals surface area (Å²) in [6, 6.07) is 2.45. The Labute approximate surface area is 127 Å². The first-order chi connectivity index (χ1) is 8.91. The third-order valence-electron chi connectivity index (χ3n) is 3.97. The number of halogens is 1. The molecule has 1 saturated carbocycles. The molecule has 1 aromatic heterocycles. The molecule has 0 bridgehead atoms. The first-order valence-electron chi connectivity index (χ1n) is 7.14. The summed E-state index contributed by atoms with van der Waals surface area (Å²) < 4.78 is 2.19. The van der Waals surface area contributed by atoms with Crippen LogP contribution in [0.5, 0.6) is 0 Å². The molecule has 4 nitrogen and oxygen atoms in total. The fourth-order valence-corrected chi connectivity index (χ4v) is 2.80. The van der Waals surface area contributed by atoms with Gasteiger partial charge in [0.2, 0.25) is 0 Å². The van der Waals surface area contributed by atoms with Crippen LogP contribution in [0.25, 0.3) is 0 Å². The molecule has 1 aliphatic rings. The number of amides is 1. The Balaban J connectivity index is 0.00000200. The quantitative estimate of drug-likeness (QED) is 0.878. The van der Waals surface area contributed by atoms with Gasteiger partial charge in [-0.05, 0) is 52.5 Å². The summed E-state index contributed by atoms with van der Waals surface area (Å²) in [7, 11) is 0. The van der Waals surface area contributed by atoms with E-state index in [1.807, 2.05) is 19.9 Å². The second kappa shape index (κ2) is 6.64. The molecular weight excluding hydrogens is 274 g/mol. The number of carbonyl (C=O) groups excluding carboxylic acids is 1. The molecule has 1 heterocycles. The maximum atomic E-state index is 12.2. The Morgan fingerprint density at radius 3 is 2.50 bits per heavy atom. The van der Waals surface area contributed by atoms with Crippen LogP contribution in [-0.2, 0) is 0 Å². The molecule has 1 aromatic rings. The van der Waals surface area contributed by atoms with Gasteiger partial charge < -0.3 is 15.6 Å². The van der Waals surface area contributed by atoms with Gasteiger partial charge in [-0.15, -0.1) is 12.4 Å². The van der Waals surface area contributed by atoms with E-state index in [0.29, 0.717) is 18.5 Å². The first kappa shape index (κ1) is 17.1. The lowest BCUT2D eigenvalue weighted by Gasteiger charge is -2.14. The maximum Gasteiger partial charge on any atom is 0.253 e. The van der Waals surface area contributed by atoms with Crippen molar-refractivity contribution in [3.05, 3.63) is 23.0 Å². The number of nitrogens with one attached hydrogen (secondary N) is 1. The van der Waals surface area contributed by atoms with Gasteiger partial charge in [-0.2, -0.15) is 0 Å². The van der Waals surface area contributed by atoms with Crippen molar-refractivity contribution in [1.29, 1.82) is 0 Å². The molecule has 0 aromatic carbocycles. The van der Waals surface area contributed by atoms with Crippen LogP contribution in [0.15, 0.2) is 6.07 Å². The Morgan fingerprint density at radius 1 is 1.45 bits per heavy atom. The average Bonchev–Trinajstić information content (AvgIpc) is 3.12. The fourth-order valence-electron chi connectivity index (χ4n) is 2.80.